The van der Waals surface area contributed by atoms with Crippen LogP contribution in [0.5, 0.6) is 0 Å². The number of hydrogen-bond acceptors (Lipinski definition) is 9. The second-order valence-electron chi connectivity index (χ2n) is 6.69. The molecule has 0 aliphatic carbocycles. The van der Waals surface area contributed by atoms with Gasteiger partial charge in [-0.15, -0.1) is 0 Å². The number of esters is 1. The molecule has 0 saturated heterocycles. The molecule has 0 atom stereocenters. The number of carboxylic acid groups (broad SMARTS) is 1. The number of ether oxygens (including phenoxy) is 6. The molecule has 178 valence electrons. The number of carbonyl (C=O) groups is 2. The molecular weight excluding hydrogens is 398 g/mol. The Labute approximate surface area is 179 Å². The van der Waals surface area contributed by atoms with E-state index in [9.17, 15) is 9.59 Å². The minimum atomic E-state index is -0.854. The van der Waals surface area contributed by atoms with Gasteiger partial charge in [0.2, 0.25) is 0 Å². The van der Waals surface area contributed by atoms with Crippen LogP contribution in [0.15, 0.2) is 0 Å². The first kappa shape index (κ1) is 28.7. The third-order valence-electron chi connectivity index (χ3n) is 3.68. The highest BCUT2D eigenvalue weighted by Gasteiger charge is 2.04. The molecule has 0 unspecified atom stereocenters. The third-order valence-corrected chi connectivity index (χ3v) is 3.68. The first-order chi connectivity index (χ1) is 14.5. The summed E-state index contributed by atoms with van der Waals surface area (Å²) in [7, 11) is 4.01. The van der Waals surface area contributed by atoms with Crippen LogP contribution in [0.25, 0.3) is 0 Å². The summed E-state index contributed by atoms with van der Waals surface area (Å²) in [5.41, 5.74) is 0. The number of unbranched alkanes of at least 4 members (excludes halogenated alkanes) is 1. The Morgan fingerprint density at radius 1 is 0.633 bits per heavy atom. The molecule has 10 heteroatoms. The fraction of sp³-hybridized carbons (Fsp3) is 0.900. The molecule has 0 radical (unpaired) electrons. The fourth-order valence-electron chi connectivity index (χ4n) is 2.06. The van der Waals surface area contributed by atoms with Gasteiger partial charge in [0.15, 0.2) is 0 Å². The molecule has 0 rings (SSSR count). The van der Waals surface area contributed by atoms with Gasteiger partial charge in [-0.1, -0.05) is 0 Å². The number of carbonyl (C=O) groups excluding carboxylic acids is 1. The van der Waals surface area contributed by atoms with Crippen LogP contribution in [-0.4, -0.2) is 115 Å². The van der Waals surface area contributed by atoms with Crippen molar-refractivity contribution >= 4 is 11.9 Å². The minimum Gasteiger partial charge on any atom is -0.481 e. The zero-order valence-electron chi connectivity index (χ0n) is 18.5. The van der Waals surface area contributed by atoms with Crippen LogP contribution in [0, 0.1) is 0 Å². The largest absolute Gasteiger partial charge is 0.481 e. The molecule has 0 aliphatic rings. The summed E-state index contributed by atoms with van der Waals surface area (Å²) in [5, 5.41) is 8.50. The second kappa shape index (κ2) is 22.4. The van der Waals surface area contributed by atoms with E-state index in [0.29, 0.717) is 78.9 Å². The van der Waals surface area contributed by atoms with Gasteiger partial charge in [0.25, 0.3) is 0 Å². The van der Waals surface area contributed by atoms with Gasteiger partial charge in [-0.25, -0.2) is 0 Å². The Morgan fingerprint density at radius 2 is 1.03 bits per heavy atom. The topological polar surface area (TPSA) is 113 Å². The normalized spacial score (nSPS) is 11.2. The Bertz CT molecular complexity index is 408. The highest BCUT2D eigenvalue weighted by molar-refractivity contribution is 5.69. The van der Waals surface area contributed by atoms with Gasteiger partial charge in [-0.3, -0.25) is 9.59 Å². The van der Waals surface area contributed by atoms with E-state index in [1.807, 2.05) is 14.1 Å². The maximum absolute atomic E-state index is 11.4. The zero-order valence-corrected chi connectivity index (χ0v) is 18.5. The molecule has 0 heterocycles. The molecule has 0 aromatic rings. The third kappa shape index (κ3) is 24.7. The van der Waals surface area contributed by atoms with Gasteiger partial charge >= 0.3 is 11.9 Å². The van der Waals surface area contributed by atoms with E-state index in [1.54, 1.807) is 0 Å². The van der Waals surface area contributed by atoms with Gasteiger partial charge in [0.05, 0.1) is 66.1 Å². The maximum Gasteiger partial charge on any atom is 0.305 e. The van der Waals surface area contributed by atoms with Gasteiger partial charge in [0.1, 0.15) is 6.61 Å². The zero-order chi connectivity index (χ0) is 22.3. The quantitative estimate of drug-likeness (QED) is 0.182. The summed E-state index contributed by atoms with van der Waals surface area (Å²) < 4.78 is 31.8. The Hall–Kier alpha value is -1.30. The molecule has 0 amide bonds. The van der Waals surface area contributed by atoms with Crippen molar-refractivity contribution in [3.05, 3.63) is 0 Å². The van der Waals surface area contributed by atoms with Crippen molar-refractivity contribution in [3.8, 4) is 0 Å². The lowest BCUT2D eigenvalue weighted by atomic mass is 10.2. The summed E-state index contributed by atoms with van der Waals surface area (Å²) >= 11 is 0. The minimum absolute atomic E-state index is 0.0716. The van der Waals surface area contributed by atoms with Crippen LogP contribution in [-0.2, 0) is 38.0 Å². The van der Waals surface area contributed by atoms with Gasteiger partial charge in [0, 0.05) is 19.4 Å². The van der Waals surface area contributed by atoms with Crippen molar-refractivity contribution in [1.82, 2.24) is 4.90 Å². The molecule has 0 fully saturated rings. The number of likely N-dealkylation sites (N-methyl/N-ethyl adjacent to an activating group) is 1. The Balaban J connectivity index is 3.12. The van der Waals surface area contributed by atoms with Crippen LogP contribution >= 0.6 is 0 Å². The molecule has 0 spiro atoms. The van der Waals surface area contributed by atoms with Crippen molar-refractivity contribution in [2.45, 2.75) is 25.7 Å². The van der Waals surface area contributed by atoms with Crippen LogP contribution < -0.4 is 0 Å². The molecular formula is C20H39NO9. The summed E-state index contributed by atoms with van der Waals surface area (Å²) in [6, 6.07) is 0. The predicted octanol–water partition coefficient (Wildman–Crippen LogP) is 0.819. The van der Waals surface area contributed by atoms with Gasteiger partial charge in [-0.05, 0) is 26.9 Å². The predicted molar refractivity (Wildman–Crippen MR) is 110 cm³/mol. The summed E-state index contributed by atoms with van der Waals surface area (Å²) in [6.07, 6.45) is 1.29. The molecule has 30 heavy (non-hydrogen) atoms. The second-order valence-corrected chi connectivity index (χ2v) is 6.69. The van der Waals surface area contributed by atoms with Crippen molar-refractivity contribution in [2.75, 3.05) is 93.3 Å². The average Bonchev–Trinajstić information content (AvgIpc) is 2.70. The van der Waals surface area contributed by atoms with E-state index in [-0.39, 0.29) is 25.4 Å². The Morgan fingerprint density at radius 3 is 1.47 bits per heavy atom. The average molecular weight is 438 g/mol. The molecule has 0 aliphatic heterocycles. The number of hydrogen-bond donors (Lipinski definition) is 1. The summed E-state index contributed by atoms with van der Waals surface area (Å²) in [4.78, 5) is 23.8. The smallest absolute Gasteiger partial charge is 0.305 e. The first-order valence-electron chi connectivity index (χ1n) is 10.4. The van der Waals surface area contributed by atoms with Crippen molar-refractivity contribution in [1.29, 1.82) is 0 Å². The maximum atomic E-state index is 11.4. The van der Waals surface area contributed by atoms with Gasteiger partial charge < -0.3 is 38.4 Å². The van der Waals surface area contributed by atoms with E-state index >= 15 is 0 Å². The van der Waals surface area contributed by atoms with Crippen LogP contribution in [0.2, 0.25) is 0 Å². The molecule has 0 aromatic heterocycles. The van der Waals surface area contributed by atoms with E-state index in [1.165, 1.54) is 0 Å². The molecule has 0 aromatic carbocycles. The fourth-order valence-corrected chi connectivity index (χ4v) is 2.06. The lowest BCUT2D eigenvalue weighted by Gasteiger charge is -2.10. The lowest BCUT2D eigenvalue weighted by molar-refractivity contribution is -0.146. The number of rotatable bonds is 23. The van der Waals surface area contributed by atoms with Crippen LogP contribution in [0.3, 0.4) is 0 Å². The monoisotopic (exact) mass is 437 g/mol. The van der Waals surface area contributed by atoms with E-state index < -0.39 is 5.97 Å². The Kier molecular flexibility index (Phi) is 21.4. The summed E-state index contributed by atoms with van der Waals surface area (Å²) in [5.74, 6) is -1.19. The molecule has 1 N–H and O–H groups in total. The SMILES string of the molecule is CN(C)CCOCCOCCOCCOCCOCCOC(=O)CCCCC(=O)O. The van der Waals surface area contributed by atoms with E-state index in [2.05, 4.69) is 4.90 Å². The molecule has 0 saturated carbocycles. The number of aliphatic carboxylic acids is 1. The number of nitrogens with zero attached hydrogens (tertiary/aromatic N) is 1. The van der Waals surface area contributed by atoms with Gasteiger partial charge in [-0.2, -0.15) is 0 Å². The summed E-state index contributed by atoms with van der Waals surface area (Å²) in [6.45, 7) is 6.09. The van der Waals surface area contributed by atoms with Crippen molar-refractivity contribution in [2.24, 2.45) is 0 Å². The standard InChI is InChI=1S/C20H39NO9/c1-21(2)7-8-25-9-10-26-11-12-27-13-14-28-15-16-29-17-18-30-20(24)6-4-3-5-19(22)23/h3-18H2,1-2H3,(H,22,23). The van der Waals surface area contributed by atoms with E-state index in [0.717, 1.165) is 6.54 Å². The van der Waals surface area contributed by atoms with E-state index in [4.69, 9.17) is 33.5 Å². The van der Waals surface area contributed by atoms with Crippen molar-refractivity contribution < 1.29 is 43.1 Å². The van der Waals surface area contributed by atoms with Crippen LogP contribution in [0.1, 0.15) is 25.7 Å². The number of carboxylic acids is 1. The van der Waals surface area contributed by atoms with Crippen LogP contribution in [0.4, 0.5) is 0 Å². The molecule has 0 bridgehead atoms. The first-order valence-corrected chi connectivity index (χ1v) is 10.4. The lowest BCUT2D eigenvalue weighted by Crippen LogP contribution is -2.19. The van der Waals surface area contributed by atoms with Crippen molar-refractivity contribution in [3.63, 3.8) is 0 Å². The molecule has 10 nitrogen and oxygen atoms in total. The highest BCUT2D eigenvalue weighted by atomic mass is 16.6. The highest BCUT2D eigenvalue weighted by Crippen LogP contribution is 2.01.